The van der Waals surface area contributed by atoms with Crippen molar-refractivity contribution in [3.63, 3.8) is 0 Å². The average Bonchev–Trinajstić information content (AvgIpc) is 2.86. The highest BCUT2D eigenvalue weighted by molar-refractivity contribution is 7.07. The molecule has 112 valence electrons. The van der Waals surface area contributed by atoms with Gasteiger partial charge in [-0.15, -0.1) is 0 Å². The Balaban J connectivity index is 1.73. The lowest BCUT2D eigenvalue weighted by atomic mass is 10.1. The molecule has 0 aromatic carbocycles. The highest BCUT2D eigenvalue weighted by Gasteiger charge is 2.20. The van der Waals surface area contributed by atoms with Crippen LogP contribution in [0.2, 0.25) is 0 Å². The lowest BCUT2D eigenvalue weighted by Gasteiger charge is -2.18. The zero-order valence-corrected chi connectivity index (χ0v) is 13.4. The quantitative estimate of drug-likeness (QED) is 0.870. The van der Waals surface area contributed by atoms with Crippen LogP contribution in [0.25, 0.3) is 0 Å². The Morgan fingerprint density at radius 1 is 1.29 bits per heavy atom. The van der Waals surface area contributed by atoms with E-state index < -0.39 is 0 Å². The second-order valence-electron chi connectivity index (χ2n) is 5.68. The first kappa shape index (κ1) is 14.5. The van der Waals surface area contributed by atoms with Crippen LogP contribution >= 0.6 is 11.3 Å². The van der Waals surface area contributed by atoms with Crippen LogP contribution in [0.3, 0.4) is 0 Å². The maximum Gasteiger partial charge on any atom is 0.220 e. The SMILES string of the molecule is CC(C)Oc1ncnc2c1CCN(Cc1ccsc1)CC2. The Hall–Kier alpha value is -1.46. The molecule has 3 rings (SSSR count). The van der Waals surface area contributed by atoms with Gasteiger partial charge in [-0.2, -0.15) is 11.3 Å². The fourth-order valence-corrected chi connectivity index (χ4v) is 3.33. The van der Waals surface area contributed by atoms with Gasteiger partial charge >= 0.3 is 0 Å². The molecule has 1 aliphatic heterocycles. The van der Waals surface area contributed by atoms with E-state index in [0.29, 0.717) is 0 Å². The molecule has 0 amide bonds. The van der Waals surface area contributed by atoms with Crippen molar-refractivity contribution in [1.29, 1.82) is 0 Å². The molecule has 3 heterocycles. The summed E-state index contributed by atoms with van der Waals surface area (Å²) in [6.45, 7) is 7.17. The van der Waals surface area contributed by atoms with E-state index in [1.54, 1.807) is 17.7 Å². The minimum Gasteiger partial charge on any atom is -0.475 e. The summed E-state index contributed by atoms with van der Waals surface area (Å²) in [5.74, 6) is 0.771. The number of ether oxygens (including phenoxy) is 1. The summed E-state index contributed by atoms with van der Waals surface area (Å²) in [4.78, 5) is 11.3. The minimum absolute atomic E-state index is 0.147. The molecule has 0 spiro atoms. The number of aromatic nitrogens is 2. The van der Waals surface area contributed by atoms with Crippen LogP contribution in [-0.2, 0) is 19.4 Å². The second-order valence-corrected chi connectivity index (χ2v) is 6.46. The van der Waals surface area contributed by atoms with Gasteiger partial charge in [0.25, 0.3) is 0 Å². The Labute approximate surface area is 129 Å². The van der Waals surface area contributed by atoms with Gasteiger partial charge in [0.05, 0.1) is 11.8 Å². The molecule has 0 radical (unpaired) electrons. The summed E-state index contributed by atoms with van der Waals surface area (Å²) >= 11 is 1.76. The van der Waals surface area contributed by atoms with Gasteiger partial charge in [-0.05, 0) is 42.7 Å². The maximum absolute atomic E-state index is 5.84. The van der Waals surface area contributed by atoms with Gasteiger partial charge in [-0.25, -0.2) is 9.97 Å². The number of thiophene rings is 1. The maximum atomic E-state index is 5.84. The summed E-state index contributed by atoms with van der Waals surface area (Å²) in [6.07, 6.45) is 3.71. The number of rotatable bonds is 4. The summed E-state index contributed by atoms with van der Waals surface area (Å²) in [7, 11) is 0. The van der Waals surface area contributed by atoms with Gasteiger partial charge in [0.2, 0.25) is 5.88 Å². The van der Waals surface area contributed by atoms with Crippen LogP contribution in [0.4, 0.5) is 0 Å². The second kappa shape index (κ2) is 6.54. The van der Waals surface area contributed by atoms with Gasteiger partial charge in [-0.1, -0.05) is 0 Å². The largest absolute Gasteiger partial charge is 0.475 e. The molecule has 0 bridgehead atoms. The zero-order valence-electron chi connectivity index (χ0n) is 12.6. The highest BCUT2D eigenvalue weighted by Crippen LogP contribution is 2.23. The topological polar surface area (TPSA) is 38.3 Å². The Bertz CT molecular complexity index is 583. The van der Waals surface area contributed by atoms with E-state index in [9.17, 15) is 0 Å². The van der Waals surface area contributed by atoms with Crippen LogP contribution < -0.4 is 4.74 Å². The standard InChI is InChI=1S/C16H21N3OS/c1-12(2)20-16-14-3-6-19(9-13-5-8-21-10-13)7-4-15(14)17-11-18-16/h5,8,10-12H,3-4,6-7,9H2,1-2H3. The first-order chi connectivity index (χ1) is 10.2. The number of fused-ring (bicyclic) bond motifs is 1. The van der Waals surface area contributed by atoms with Crippen LogP contribution in [0.15, 0.2) is 23.2 Å². The third kappa shape index (κ3) is 3.60. The summed E-state index contributed by atoms with van der Waals surface area (Å²) < 4.78 is 5.84. The van der Waals surface area contributed by atoms with Gasteiger partial charge in [-0.3, -0.25) is 4.90 Å². The van der Waals surface area contributed by atoms with Crippen molar-refractivity contribution in [2.45, 2.75) is 39.3 Å². The highest BCUT2D eigenvalue weighted by atomic mass is 32.1. The van der Waals surface area contributed by atoms with Crippen LogP contribution in [0.1, 0.15) is 30.7 Å². The van der Waals surface area contributed by atoms with Crippen molar-refractivity contribution in [3.8, 4) is 5.88 Å². The van der Waals surface area contributed by atoms with Gasteiger partial charge in [0.15, 0.2) is 0 Å². The van der Waals surface area contributed by atoms with Gasteiger partial charge in [0, 0.05) is 31.6 Å². The fourth-order valence-electron chi connectivity index (χ4n) is 2.67. The van der Waals surface area contributed by atoms with Crippen molar-refractivity contribution in [1.82, 2.24) is 14.9 Å². The molecular weight excluding hydrogens is 282 g/mol. The van der Waals surface area contributed by atoms with Crippen molar-refractivity contribution in [2.24, 2.45) is 0 Å². The van der Waals surface area contributed by atoms with E-state index in [1.165, 1.54) is 11.1 Å². The third-order valence-electron chi connectivity index (χ3n) is 3.67. The molecule has 0 saturated carbocycles. The molecule has 1 aliphatic rings. The fraction of sp³-hybridized carbons (Fsp3) is 0.500. The molecule has 0 aliphatic carbocycles. The molecule has 5 heteroatoms. The lowest BCUT2D eigenvalue weighted by Crippen LogP contribution is -2.25. The molecule has 0 N–H and O–H groups in total. The molecule has 2 aromatic heterocycles. The molecule has 21 heavy (non-hydrogen) atoms. The molecule has 2 aromatic rings. The zero-order chi connectivity index (χ0) is 14.7. The first-order valence-electron chi connectivity index (χ1n) is 7.45. The number of nitrogens with zero attached hydrogens (tertiary/aromatic N) is 3. The van der Waals surface area contributed by atoms with Crippen LogP contribution in [-0.4, -0.2) is 34.1 Å². The van der Waals surface area contributed by atoms with E-state index in [4.69, 9.17) is 4.74 Å². The van der Waals surface area contributed by atoms with Crippen LogP contribution in [0.5, 0.6) is 5.88 Å². The Morgan fingerprint density at radius 3 is 2.90 bits per heavy atom. The Kier molecular flexibility index (Phi) is 4.51. The van der Waals surface area contributed by atoms with Gasteiger partial charge < -0.3 is 4.74 Å². The predicted octanol–water partition coefficient (Wildman–Crippen LogP) is 2.93. The normalized spacial score (nSPS) is 15.8. The van der Waals surface area contributed by atoms with Gasteiger partial charge in [0.1, 0.15) is 6.33 Å². The summed E-state index contributed by atoms with van der Waals surface area (Å²) in [5, 5.41) is 4.37. The average molecular weight is 303 g/mol. The lowest BCUT2D eigenvalue weighted by molar-refractivity contribution is 0.228. The third-order valence-corrected chi connectivity index (χ3v) is 4.40. The molecule has 0 unspecified atom stereocenters. The van der Waals surface area contributed by atoms with E-state index in [0.717, 1.165) is 44.0 Å². The monoisotopic (exact) mass is 303 g/mol. The van der Waals surface area contributed by atoms with Crippen molar-refractivity contribution in [2.75, 3.05) is 13.1 Å². The first-order valence-corrected chi connectivity index (χ1v) is 8.39. The smallest absolute Gasteiger partial charge is 0.220 e. The molecule has 4 nitrogen and oxygen atoms in total. The summed E-state index contributed by atoms with van der Waals surface area (Å²) in [5.41, 5.74) is 3.74. The minimum atomic E-state index is 0.147. The molecule has 0 atom stereocenters. The molecule has 0 saturated heterocycles. The van der Waals surface area contributed by atoms with E-state index in [2.05, 4.69) is 31.7 Å². The van der Waals surface area contributed by atoms with Crippen molar-refractivity contribution in [3.05, 3.63) is 40.0 Å². The van der Waals surface area contributed by atoms with E-state index in [1.807, 2.05) is 13.8 Å². The summed E-state index contributed by atoms with van der Waals surface area (Å²) in [6, 6.07) is 2.20. The van der Waals surface area contributed by atoms with Crippen LogP contribution in [0, 0.1) is 0 Å². The van der Waals surface area contributed by atoms with Crippen molar-refractivity contribution >= 4 is 11.3 Å². The number of hydrogen-bond donors (Lipinski definition) is 0. The van der Waals surface area contributed by atoms with Crippen molar-refractivity contribution < 1.29 is 4.74 Å². The van der Waals surface area contributed by atoms with E-state index >= 15 is 0 Å². The molecular formula is C16H21N3OS. The predicted molar refractivity (Wildman–Crippen MR) is 84.8 cm³/mol. The van der Waals surface area contributed by atoms with E-state index in [-0.39, 0.29) is 6.10 Å². The molecule has 0 fully saturated rings. The Morgan fingerprint density at radius 2 is 2.14 bits per heavy atom. The number of hydrogen-bond acceptors (Lipinski definition) is 5.